The molecule has 0 spiro atoms. The molecule has 1 fully saturated rings. The number of unbranched alkanes of at least 4 members (excludes halogenated alkanes) is 2. The molecule has 0 unspecified atom stereocenters. The quantitative estimate of drug-likeness (QED) is 0.556. The summed E-state index contributed by atoms with van der Waals surface area (Å²) in [6.07, 6.45) is 6.79. The van der Waals surface area contributed by atoms with Gasteiger partial charge in [0.2, 0.25) is 0 Å². The lowest BCUT2D eigenvalue weighted by molar-refractivity contribution is 0.100. The molecule has 21 heavy (non-hydrogen) atoms. The summed E-state index contributed by atoms with van der Waals surface area (Å²) in [5.41, 5.74) is 15.3. The predicted molar refractivity (Wildman–Crippen MR) is 87.4 cm³/mol. The van der Waals surface area contributed by atoms with Crippen LogP contribution >= 0.6 is 0 Å². The van der Waals surface area contributed by atoms with Crippen molar-refractivity contribution in [1.29, 1.82) is 0 Å². The standard InChI is InChI=1S/C17H27N3O/c1-2-3-4-5-12-6-7-14(17(19)21)16(18)15(12)13-8-10-20-11-9-13/h6-7,13,20H,2-5,8-11,18H2,1H3,(H2,19,21). The van der Waals surface area contributed by atoms with Gasteiger partial charge in [0.25, 0.3) is 5.91 Å². The van der Waals surface area contributed by atoms with Crippen molar-refractivity contribution in [2.45, 2.75) is 51.4 Å². The van der Waals surface area contributed by atoms with E-state index in [0.717, 1.165) is 32.4 Å². The van der Waals surface area contributed by atoms with Gasteiger partial charge in [-0.15, -0.1) is 0 Å². The lowest BCUT2D eigenvalue weighted by atomic mass is 9.83. The molecule has 4 nitrogen and oxygen atoms in total. The third kappa shape index (κ3) is 3.76. The highest BCUT2D eigenvalue weighted by Gasteiger charge is 2.23. The van der Waals surface area contributed by atoms with Gasteiger partial charge in [-0.05, 0) is 61.9 Å². The fourth-order valence-corrected chi connectivity index (χ4v) is 3.27. The van der Waals surface area contributed by atoms with E-state index >= 15 is 0 Å². The van der Waals surface area contributed by atoms with Crippen LogP contribution < -0.4 is 16.8 Å². The molecular weight excluding hydrogens is 262 g/mol. The van der Waals surface area contributed by atoms with Crippen LogP contribution in [0.3, 0.4) is 0 Å². The summed E-state index contributed by atoms with van der Waals surface area (Å²) in [6.45, 7) is 4.23. The van der Waals surface area contributed by atoms with Gasteiger partial charge in [0.1, 0.15) is 0 Å². The topological polar surface area (TPSA) is 81.1 Å². The summed E-state index contributed by atoms with van der Waals surface area (Å²) in [4.78, 5) is 11.6. The lowest BCUT2D eigenvalue weighted by Gasteiger charge is -2.27. The number of hydrogen-bond acceptors (Lipinski definition) is 3. The van der Waals surface area contributed by atoms with Crippen molar-refractivity contribution < 1.29 is 4.79 Å². The van der Waals surface area contributed by atoms with Gasteiger partial charge in [-0.25, -0.2) is 0 Å². The minimum Gasteiger partial charge on any atom is -0.398 e. The highest BCUT2D eigenvalue weighted by atomic mass is 16.1. The molecule has 0 aliphatic carbocycles. The van der Waals surface area contributed by atoms with Crippen LogP contribution in [-0.4, -0.2) is 19.0 Å². The number of nitrogens with two attached hydrogens (primary N) is 2. The van der Waals surface area contributed by atoms with Gasteiger partial charge in [-0.1, -0.05) is 25.8 Å². The lowest BCUT2D eigenvalue weighted by Crippen LogP contribution is -2.28. The van der Waals surface area contributed by atoms with Crippen LogP contribution in [0.15, 0.2) is 12.1 Å². The highest BCUT2D eigenvalue weighted by molar-refractivity contribution is 5.99. The molecule has 0 saturated carbocycles. The maximum absolute atomic E-state index is 11.6. The van der Waals surface area contributed by atoms with Crippen molar-refractivity contribution in [2.75, 3.05) is 18.8 Å². The number of rotatable bonds is 6. The van der Waals surface area contributed by atoms with E-state index < -0.39 is 5.91 Å². The molecule has 1 saturated heterocycles. The monoisotopic (exact) mass is 289 g/mol. The van der Waals surface area contributed by atoms with Crippen LogP contribution in [0.5, 0.6) is 0 Å². The molecule has 0 atom stereocenters. The van der Waals surface area contributed by atoms with Crippen LogP contribution in [0.4, 0.5) is 5.69 Å². The van der Waals surface area contributed by atoms with E-state index in [1.54, 1.807) is 6.07 Å². The first-order chi connectivity index (χ1) is 10.1. The third-order valence-electron chi connectivity index (χ3n) is 4.44. The fraction of sp³-hybridized carbons (Fsp3) is 0.588. The molecule has 116 valence electrons. The number of nitrogens with one attached hydrogen (secondary N) is 1. The van der Waals surface area contributed by atoms with Gasteiger partial charge in [-0.2, -0.15) is 0 Å². The maximum Gasteiger partial charge on any atom is 0.250 e. The van der Waals surface area contributed by atoms with Crippen molar-refractivity contribution in [2.24, 2.45) is 5.73 Å². The van der Waals surface area contributed by atoms with Crippen LogP contribution in [0.1, 0.15) is 66.4 Å². The summed E-state index contributed by atoms with van der Waals surface area (Å²) < 4.78 is 0. The minimum absolute atomic E-state index is 0.428. The Labute approximate surface area is 127 Å². The van der Waals surface area contributed by atoms with E-state index in [1.807, 2.05) is 0 Å². The number of amides is 1. The first-order valence-corrected chi connectivity index (χ1v) is 8.07. The fourth-order valence-electron chi connectivity index (χ4n) is 3.27. The zero-order valence-electron chi connectivity index (χ0n) is 13.0. The Kier molecular flexibility index (Phi) is 5.62. The second-order valence-corrected chi connectivity index (χ2v) is 5.95. The van der Waals surface area contributed by atoms with Crippen LogP contribution in [0.2, 0.25) is 0 Å². The molecule has 2 rings (SSSR count). The average Bonchev–Trinajstić information content (AvgIpc) is 2.48. The number of carbonyl (C=O) groups is 1. The zero-order valence-corrected chi connectivity index (χ0v) is 13.0. The number of aryl methyl sites for hydroxylation is 1. The van der Waals surface area contributed by atoms with Crippen molar-refractivity contribution in [3.63, 3.8) is 0 Å². The maximum atomic E-state index is 11.6. The molecule has 5 N–H and O–H groups in total. The molecule has 0 radical (unpaired) electrons. The Bertz CT molecular complexity index is 493. The smallest absolute Gasteiger partial charge is 0.250 e. The predicted octanol–water partition coefficient (Wildman–Crippen LogP) is 2.57. The minimum atomic E-state index is -0.428. The Balaban J connectivity index is 2.34. The number of hydrogen-bond donors (Lipinski definition) is 3. The van der Waals surface area contributed by atoms with Crippen LogP contribution in [0, 0.1) is 0 Å². The summed E-state index contributed by atoms with van der Waals surface area (Å²) in [7, 11) is 0. The summed E-state index contributed by atoms with van der Waals surface area (Å²) >= 11 is 0. The number of anilines is 1. The summed E-state index contributed by atoms with van der Waals surface area (Å²) in [6, 6.07) is 3.85. The van der Waals surface area contributed by atoms with E-state index in [2.05, 4.69) is 18.3 Å². The molecule has 1 heterocycles. The first-order valence-electron chi connectivity index (χ1n) is 8.07. The Hall–Kier alpha value is -1.55. The van der Waals surface area contributed by atoms with Gasteiger partial charge in [0, 0.05) is 5.69 Å². The number of primary amides is 1. The normalized spacial score (nSPS) is 16.0. The van der Waals surface area contributed by atoms with E-state index in [0.29, 0.717) is 17.2 Å². The third-order valence-corrected chi connectivity index (χ3v) is 4.44. The number of piperidine rings is 1. The molecule has 1 aromatic rings. The molecular formula is C17H27N3O. The van der Waals surface area contributed by atoms with Crippen molar-refractivity contribution in [1.82, 2.24) is 5.32 Å². The SMILES string of the molecule is CCCCCc1ccc(C(N)=O)c(N)c1C1CCNCC1. The number of carbonyl (C=O) groups excluding carboxylic acids is 1. The molecule has 1 aliphatic heterocycles. The van der Waals surface area contributed by atoms with Gasteiger partial charge in [0.05, 0.1) is 5.56 Å². The zero-order chi connectivity index (χ0) is 15.2. The molecule has 1 amide bonds. The Morgan fingerprint density at radius 3 is 2.62 bits per heavy atom. The molecule has 0 bridgehead atoms. The first kappa shape index (κ1) is 15.8. The van der Waals surface area contributed by atoms with Gasteiger partial charge in [-0.3, -0.25) is 4.79 Å². The van der Waals surface area contributed by atoms with Crippen molar-refractivity contribution >= 4 is 11.6 Å². The molecule has 1 aliphatic rings. The highest BCUT2D eigenvalue weighted by Crippen LogP contribution is 2.35. The van der Waals surface area contributed by atoms with Crippen molar-refractivity contribution in [3.05, 3.63) is 28.8 Å². The van der Waals surface area contributed by atoms with Gasteiger partial charge >= 0.3 is 0 Å². The number of benzene rings is 1. The van der Waals surface area contributed by atoms with E-state index in [1.165, 1.54) is 30.4 Å². The van der Waals surface area contributed by atoms with Crippen molar-refractivity contribution in [3.8, 4) is 0 Å². The van der Waals surface area contributed by atoms with Gasteiger partial charge < -0.3 is 16.8 Å². The van der Waals surface area contributed by atoms with E-state index in [4.69, 9.17) is 11.5 Å². The molecule has 0 aromatic heterocycles. The summed E-state index contributed by atoms with van der Waals surface area (Å²) in [5.74, 6) is 0.0185. The number of nitrogen functional groups attached to an aromatic ring is 1. The Morgan fingerprint density at radius 1 is 1.29 bits per heavy atom. The average molecular weight is 289 g/mol. The van der Waals surface area contributed by atoms with Crippen LogP contribution in [-0.2, 0) is 6.42 Å². The van der Waals surface area contributed by atoms with E-state index in [9.17, 15) is 4.79 Å². The molecule has 1 aromatic carbocycles. The second-order valence-electron chi connectivity index (χ2n) is 5.95. The van der Waals surface area contributed by atoms with Crippen LogP contribution in [0.25, 0.3) is 0 Å². The van der Waals surface area contributed by atoms with Gasteiger partial charge in [0.15, 0.2) is 0 Å². The second kappa shape index (κ2) is 7.46. The largest absolute Gasteiger partial charge is 0.398 e. The Morgan fingerprint density at radius 2 is 2.00 bits per heavy atom. The molecule has 4 heteroatoms. The summed E-state index contributed by atoms with van der Waals surface area (Å²) in [5, 5.41) is 3.38. The van der Waals surface area contributed by atoms with E-state index in [-0.39, 0.29) is 0 Å².